The van der Waals surface area contributed by atoms with Gasteiger partial charge in [0.05, 0.1) is 0 Å². The van der Waals surface area contributed by atoms with E-state index in [1.807, 2.05) is 0 Å². The van der Waals surface area contributed by atoms with E-state index in [4.69, 9.17) is 5.73 Å². The molecule has 0 atom stereocenters. The van der Waals surface area contributed by atoms with Crippen LogP contribution < -0.4 is 11.1 Å². The summed E-state index contributed by atoms with van der Waals surface area (Å²) in [5, 5.41) is 2.95. The summed E-state index contributed by atoms with van der Waals surface area (Å²) in [5.74, 6) is 1.04. The minimum atomic E-state index is 0. The summed E-state index contributed by atoms with van der Waals surface area (Å²) in [7, 11) is 0. The molecule has 0 radical (unpaired) electrons. The maximum Gasteiger partial charge on any atom is 0.220 e. The standard InChI is InChI=1S/C12H24N2O.ClH/c13-9-3-4-10-14-12(15)8-7-11-5-1-2-6-11;/h11H,1-10,13H2,(H,14,15);1H. The highest BCUT2D eigenvalue weighted by molar-refractivity contribution is 5.85. The molecule has 1 aliphatic carbocycles. The predicted molar refractivity (Wildman–Crippen MR) is 69.7 cm³/mol. The number of carbonyl (C=O) groups is 1. The van der Waals surface area contributed by atoms with E-state index in [1.54, 1.807) is 0 Å². The van der Waals surface area contributed by atoms with Crippen LogP contribution in [0, 0.1) is 5.92 Å². The molecule has 1 aliphatic rings. The van der Waals surface area contributed by atoms with Gasteiger partial charge in [-0.05, 0) is 31.7 Å². The van der Waals surface area contributed by atoms with E-state index in [1.165, 1.54) is 25.7 Å². The summed E-state index contributed by atoms with van der Waals surface area (Å²) in [4.78, 5) is 11.4. The SMILES string of the molecule is Cl.NCCCCNC(=O)CCC1CCCC1. The Balaban J connectivity index is 0.00000225. The predicted octanol–water partition coefficient (Wildman–Crippen LogP) is 2.23. The Kier molecular flexibility index (Phi) is 9.74. The average molecular weight is 249 g/mol. The molecule has 3 N–H and O–H groups in total. The number of nitrogens with two attached hydrogens (primary N) is 1. The number of hydrogen-bond acceptors (Lipinski definition) is 2. The van der Waals surface area contributed by atoms with Gasteiger partial charge in [-0.1, -0.05) is 25.7 Å². The summed E-state index contributed by atoms with van der Waals surface area (Å²) in [6.07, 6.45) is 9.21. The molecule has 1 fully saturated rings. The lowest BCUT2D eigenvalue weighted by molar-refractivity contribution is -0.121. The van der Waals surface area contributed by atoms with E-state index < -0.39 is 0 Å². The Hall–Kier alpha value is -0.280. The summed E-state index contributed by atoms with van der Waals surface area (Å²) < 4.78 is 0. The number of rotatable bonds is 7. The third-order valence-electron chi connectivity index (χ3n) is 3.21. The Bertz CT molecular complexity index is 182. The van der Waals surface area contributed by atoms with Crippen molar-refractivity contribution in [2.45, 2.75) is 51.4 Å². The largest absolute Gasteiger partial charge is 0.356 e. The maximum absolute atomic E-state index is 11.4. The van der Waals surface area contributed by atoms with Crippen LogP contribution in [0.1, 0.15) is 51.4 Å². The van der Waals surface area contributed by atoms with Gasteiger partial charge in [-0.2, -0.15) is 0 Å². The molecule has 16 heavy (non-hydrogen) atoms. The van der Waals surface area contributed by atoms with Crippen molar-refractivity contribution in [2.24, 2.45) is 11.7 Å². The topological polar surface area (TPSA) is 55.1 Å². The molecule has 0 aromatic carbocycles. The van der Waals surface area contributed by atoms with E-state index in [0.717, 1.165) is 38.3 Å². The van der Waals surface area contributed by atoms with Gasteiger partial charge in [0.1, 0.15) is 0 Å². The Morgan fingerprint density at radius 3 is 2.56 bits per heavy atom. The first-order chi connectivity index (χ1) is 7.33. The molecule has 0 aromatic heterocycles. The quantitative estimate of drug-likeness (QED) is 0.679. The van der Waals surface area contributed by atoms with Crippen LogP contribution in [0.4, 0.5) is 0 Å². The van der Waals surface area contributed by atoms with Gasteiger partial charge in [0.25, 0.3) is 0 Å². The fraction of sp³-hybridized carbons (Fsp3) is 0.917. The molecule has 0 unspecified atom stereocenters. The molecule has 0 spiro atoms. The highest BCUT2D eigenvalue weighted by Crippen LogP contribution is 2.28. The molecule has 4 heteroatoms. The van der Waals surface area contributed by atoms with Crippen molar-refractivity contribution in [3.05, 3.63) is 0 Å². The molecule has 0 saturated heterocycles. The summed E-state index contributed by atoms with van der Waals surface area (Å²) in [5.41, 5.74) is 5.37. The fourth-order valence-corrected chi connectivity index (χ4v) is 2.22. The molecular formula is C12H25ClN2O. The van der Waals surface area contributed by atoms with E-state index >= 15 is 0 Å². The zero-order valence-corrected chi connectivity index (χ0v) is 10.9. The Labute approximate surface area is 105 Å². The van der Waals surface area contributed by atoms with Crippen molar-refractivity contribution >= 4 is 18.3 Å². The number of unbranched alkanes of at least 4 members (excludes halogenated alkanes) is 1. The second kappa shape index (κ2) is 9.91. The molecule has 1 amide bonds. The van der Waals surface area contributed by atoms with Gasteiger partial charge in [0.15, 0.2) is 0 Å². The lowest BCUT2D eigenvalue weighted by atomic mass is 10.0. The Morgan fingerprint density at radius 1 is 1.25 bits per heavy atom. The van der Waals surface area contributed by atoms with Gasteiger partial charge in [-0.3, -0.25) is 4.79 Å². The summed E-state index contributed by atoms with van der Waals surface area (Å²) in [6.45, 7) is 1.51. The first-order valence-corrected chi connectivity index (χ1v) is 6.29. The zero-order valence-electron chi connectivity index (χ0n) is 10.0. The molecule has 96 valence electrons. The smallest absolute Gasteiger partial charge is 0.220 e. The van der Waals surface area contributed by atoms with Gasteiger partial charge < -0.3 is 11.1 Å². The van der Waals surface area contributed by atoms with Crippen molar-refractivity contribution in [3.63, 3.8) is 0 Å². The average Bonchev–Trinajstić information content (AvgIpc) is 2.74. The lowest BCUT2D eigenvalue weighted by Gasteiger charge is -2.08. The van der Waals surface area contributed by atoms with Crippen molar-refractivity contribution < 1.29 is 4.79 Å². The monoisotopic (exact) mass is 248 g/mol. The first-order valence-electron chi connectivity index (χ1n) is 6.29. The van der Waals surface area contributed by atoms with Crippen LogP contribution in [-0.4, -0.2) is 19.0 Å². The minimum absolute atomic E-state index is 0. The van der Waals surface area contributed by atoms with Crippen molar-refractivity contribution in [2.75, 3.05) is 13.1 Å². The van der Waals surface area contributed by atoms with Gasteiger partial charge in [-0.15, -0.1) is 12.4 Å². The first kappa shape index (κ1) is 15.7. The molecule has 1 saturated carbocycles. The number of nitrogens with one attached hydrogen (secondary N) is 1. The number of carbonyl (C=O) groups excluding carboxylic acids is 1. The number of amides is 1. The summed E-state index contributed by atoms with van der Waals surface area (Å²) in [6, 6.07) is 0. The van der Waals surface area contributed by atoms with Crippen LogP contribution in [0.3, 0.4) is 0 Å². The molecule has 0 aliphatic heterocycles. The maximum atomic E-state index is 11.4. The number of hydrogen-bond donors (Lipinski definition) is 2. The zero-order chi connectivity index (χ0) is 10.9. The van der Waals surface area contributed by atoms with Gasteiger partial charge >= 0.3 is 0 Å². The highest BCUT2D eigenvalue weighted by atomic mass is 35.5. The van der Waals surface area contributed by atoms with Crippen molar-refractivity contribution in [3.8, 4) is 0 Å². The highest BCUT2D eigenvalue weighted by Gasteiger charge is 2.15. The van der Waals surface area contributed by atoms with Gasteiger partial charge in [0, 0.05) is 13.0 Å². The van der Waals surface area contributed by atoms with Crippen molar-refractivity contribution in [1.82, 2.24) is 5.32 Å². The van der Waals surface area contributed by atoms with Crippen LogP contribution in [0.25, 0.3) is 0 Å². The summed E-state index contributed by atoms with van der Waals surface area (Å²) >= 11 is 0. The van der Waals surface area contributed by atoms with Gasteiger partial charge in [0.2, 0.25) is 5.91 Å². The molecule has 0 heterocycles. The van der Waals surface area contributed by atoms with Crippen LogP contribution in [0.5, 0.6) is 0 Å². The van der Waals surface area contributed by atoms with Crippen LogP contribution in [0.2, 0.25) is 0 Å². The third-order valence-corrected chi connectivity index (χ3v) is 3.21. The van der Waals surface area contributed by atoms with Crippen LogP contribution in [-0.2, 0) is 4.79 Å². The van der Waals surface area contributed by atoms with E-state index in [0.29, 0.717) is 6.42 Å². The molecule has 3 nitrogen and oxygen atoms in total. The van der Waals surface area contributed by atoms with E-state index in [-0.39, 0.29) is 18.3 Å². The fourth-order valence-electron chi connectivity index (χ4n) is 2.22. The van der Waals surface area contributed by atoms with E-state index in [2.05, 4.69) is 5.32 Å². The minimum Gasteiger partial charge on any atom is -0.356 e. The molecule has 0 bridgehead atoms. The Morgan fingerprint density at radius 2 is 1.94 bits per heavy atom. The lowest BCUT2D eigenvalue weighted by Crippen LogP contribution is -2.25. The van der Waals surface area contributed by atoms with Gasteiger partial charge in [-0.25, -0.2) is 0 Å². The van der Waals surface area contributed by atoms with Crippen molar-refractivity contribution in [1.29, 1.82) is 0 Å². The van der Waals surface area contributed by atoms with E-state index in [9.17, 15) is 4.79 Å². The van der Waals surface area contributed by atoms with Crippen LogP contribution in [0.15, 0.2) is 0 Å². The second-order valence-electron chi connectivity index (χ2n) is 4.53. The normalized spacial score (nSPS) is 15.8. The third kappa shape index (κ3) is 7.07. The molecule has 0 aromatic rings. The molecule has 1 rings (SSSR count). The number of halogens is 1. The molecular weight excluding hydrogens is 224 g/mol. The van der Waals surface area contributed by atoms with Crippen LogP contribution >= 0.6 is 12.4 Å². The second-order valence-corrected chi connectivity index (χ2v) is 4.53.